The minimum Gasteiger partial charge on any atom is -0.340 e. The van der Waals surface area contributed by atoms with Crippen molar-refractivity contribution in [2.45, 2.75) is 20.3 Å². The molecule has 0 unspecified atom stereocenters. The van der Waals surface area contributed by atoms with Crippen molar-refractivity contribution in [3.05, 3.63) is 0 Å². The minimum atomic E-state index is 0.274. The number of rotatable bonds is 3. The second kappa shape index (κ2) is 5.19. The number of hydrazine groups is 1. The van der Waals surface area contributed by atoms with Crippen LogP contribution in [0, 0.1) is 0 Å². The summed E-state index contributed by atoms with van der Waals surface area (Å²) in [6.07, 6.45) is 0.626. The Morgan fingerprint density at radius 1 is 1.23 bits per heavy atom. The van der Waals surface area contributed by atoms with Crippen molar-refractivity contribution in [2.75, 3.05) is 32.7 Å². The number of carbonyl (C=O) groups excluding carboxylic acids is 1. The molecule has 4 nitrogen and oxygen atoms in total. The molecule has 13 heavy (non-hydrogen) atoms. The Balaban J connectivity index is 2.26. The van der Waals surface area contributed by atoms with Crippen molar-refractivity contribution >= 4 is 5.91 Å². The zero-order valence-electron chi connectivity index (χ0n) is 8.55. The summed E-state index contributed by atoms with van der Waals surface area (Å²) in [5.74, 6) is 0.274. The second-order valence-corrected chi connectivity index (χ2v) is 3.23. The molecule has 0 saturated carbocycles. The van der Waals surface area contributed by atoms with Crippen molar-refractivity contribution < 1.29 is 4.79 Å². The SMILES string of the molecule is CCNN1CCN(C(=O)CC)CC1. The highest BCUT2D eigenvalue weighted by Gasteiger charge is 2.18. The number of piperazine rings is 1. The number of hydrogen-bond donors (Lipinski definition) is 1. The standard InChI is InChI=1S/C9H19N3O/c1-3-9(13)11-5-7-12(8-6-11)10-4-2/h10H,3-8H2,1-2H3. The Bertz CT molecular complexity index is 164. The summed E-state index contributed by atoms with van der Waals surface area (Å²) in [4.78, 5) is 13.3. The Morgan fingerprint density at radius 3 is 2.31 bits per heavy atom. The third kappa shape index (κ3) is 2.97. The van der Waals surface area contributed by atoms with Gasteiger partial charge in [0, 0.05) is 39.1 Å². The van der Waals surface area contributed by atoms with E-state index >= 15 is 0 Å². The van der Waals surface area contributed by atoms with E-state index in [9.17, 15) is 4.79 Å². The Morgan fingerprint density at radius 2 is 1.85 bits per heavy atom. The predicted octanol–water partition coefficient (Wildman–Crippen LogP) is 0.0651. The predicted molar refractivity (Wildman–Crippen MR) is 52.1 cm³/mol. The summed E-state index contributed by atoms with van der Waals surface area (Å²) < 4.78 is 0. The van der Waals surface area contributed by atoms with Gasteiger partial charge >= 0.3 is 0 Å². The summed E-state index contributed by atoms with van der Waals surface area (Å²) in [7, 11) is 0. The molecule has 1 fully saturated rings. The van der Waals surface area contributed by atoms with Crippen LogP contribution in [0.2, 0.25) is 0 Å². The molecular formula is C9H19N3O. The zero-order valence-corrected chi connectivity index (χ0v) is 8.55. The Hall–Kier alpha value is -0.610. The fourth-order valence-electron chi connectivity index (χ4n) is 1.56. The van der Waals surface area contributed by atoms with Crippen LogP contribution in [-0.4, -0.2) is 48.5 Å². The van der Waals surface area contributed by atoms with E-state index in [4.69, 9.17) is 0 Å². The molecule has 0 aromatic carbocycles. The van der Waals surface area contributed by atoms with E-state index in [1.165, 1.54) is 0 Å². The molecule has 1 aliphatic rings. The van der Waals surface area contributed by atoms with Crippen LogP contribution in [0.15, 0.2) is 0 Å². The van der Waals surface area contributed by atoms with E-state index in [2.05, 4.69) is 17.4 Å². The van der Waals surface area contributed by atoms with Crippen LogP contribution < -0.4 is 5.43 Å². The van der Waals surface area contributed by atoms with Crippen molar-refractivity contribution in [3.8, 4) is 0 Å². The quantitative estimate of drug-likeness (QED) is 0.675. The lowest BCUT2D eigenvalue weighted by atomic mass is 10.3. The molecule has 0 aliphatic carbocycles. The smallest absolute Gasteiger partial charge is 0.222 e. The molecule has 0 aromatic heterocycles. The summed E-state index contributed by atoms with van der Waals surface area (Å²) in [5, 5.41) is 2.18. The fraction of sp³-hybridized carbons (Fsp3) is 0.889. The normalized spacial score (nSPS) is 19.1. The van der Waals surface area contributed by atoms with Crippen molar-refractivity contribution in [3.63, 3.8) is 0 Å². The van der Waals surface area contributed by atoms with Crippen LogP contribution in [0.25, 0.3) is 0 Å². The zero-order chi connectivity index (χ0) is 9.68. The van der Waals surface area contributed by atoms with Gasteiger partial charge in [0.25, 0.3) is 0 Å². The third-order valence-electron chi connectivity index (χ3n) is 2.32. The van der Waals surface area contributed by atoms with Crippen LogP contribution in [0.5, 0.6) is 0 Å². The number of nitrogens with one attached hydrogen (secondary N) is 1. The lowest BCUT2D eigenvalue weighted by molar-refractivity contribution is -0.133. The third-order valence-corrected chi connectivity index (χ3v) is 2.32. The van der Waals surface area contributed by atoms with E-state index in [0.717, 1.165) is 32.7 Å². The highest BCUT2D eigenvalue weighted by atomic mass is 16.2. The Labute approximate surface area is 79.9 Å². The monoisotopic (exact) mass is 185 g/mol. The van der Waals surface area contributed by atoms with Crippen molar-refractivity contribution in [2.24, 2.45) is 0 Å². The molecular weight excluding hydrogens is 166 g/mol. The number of carbonyl (C=O) groups is 1. The van der Waals surface area contributed by atoms with Gasteiger partial charge in [0.05, 0.1) is 0 Å². The molecule has 0 radical (unpaired) electrons. The summed E-state index contributed by atoms with van der Waals surface area (Å²) in [6, 6.07) is 0. The molecule has 4 heteroatoms. The lowest BCUT2D eigenvalue weighted by Gasteiger charge is -2.34. The summed E-state index contributed by atoms with van der Waals surface area (Å²) in [6.45, 7) is 8.57. The molecule has 0 bridgehead atoms. The van der Waals surface area contributed by atoms with E-state index in [0.29, 0.717) is 6.42 Å². The van der Waals surface area contributed by atoms with Gasteiger partial charge in [0.1, 0.15) is 0 Å². The molecule has 1 rings (SSSR count). The number of nitrogens with zero attached hydrogens (tertiary/aromatic N) is 2. The van der Waals surface area contributed by atoms with Crippen molar-refractivity contribution in [1.29, 1.82) is 0 Å². The number of hydrogen-bond acceptors (Lipinski definition) is 3. The highest BCUT2D eigenvalue weighted by Crippen LogP contribution is 2.00. The van der Waals surface area contributed by atoms with Crippen LogP contribution in [0.1, 0.15) is 20.3 Å². The molecule has 0 aromatic rings. The van der Waals surface area contributed by atoms with Gasteiger partial charge in [-0.15, -0.1) is 0 Å². The highest BCUT2D eigenvalue weighted by molar-refractivity contribution is 5.75. The molecule has 1 heterocycles. The topological polar surface area (TPSA) is 35.6 Å². The molecule has 76 valence electrons. The first-order valence-corrected chi connectivity index (χ1v) is 5.04. The summed E-state index contributed by atoms with van der Waals surface area (Å²) >= 11 is 0. The lowest BCUT2D eigenvalue weighted by Crippen LogP contribution is -2.53. The fourth-order valence-corrected chi connectivity index (χ4v) is 1.56. The van der Waals surface area contributed by atoms with Crippen LogP contribution in [0.4, 0.5) is 0 Å². The molecule has 1 aliphatic heterocycles. The second-order valence-electron chi connectivity index (χ2n) is 3.23. The first kappa shape index (κ1) is 10.5. The van der Waals surface area contributed by atoms with Gasteiger partial charge in [0.2, 0.25) is 5.91 Å². The average molecular weight is 185 g/mol. The maximum absolute atomic E-state index is 11.3. The van der Waals surface area contributed by atoms with Crippen LogP contribution in [-0.2, 0) is 4.79 Å². The average Bonchev–Trinajstić information content (AvgIpc) is 2.18. The van der Waals surface area contributed by atoms with Gasteiger partial charge in [0.15, 0.2) is 0 Å². The van der Waals surface area contributed by atoms with Gasteiger partial charge in [-0.2, -0.15) is 0 Å². The van der Waals surface area contributed by atoms with E-state index < -0.39 is 0 Å². The largest absolute Gasteiger partial charge is 0.340 e. The summed E-state index contributed by atoms with van der Waals surface area (Å²) in [5.41, 5.74) is 3.26. The maximum Gasteiger partial charge on any atom is 0.222 e. The van der Waals surface area contributed by atoms with Crippen molar-refractivity contribution in [1.82, 2.24) is 15.3 Å². The minimum absolute atomic E-state index is 0.274. The van der Waals surface area contributed by atoms with E-state index in [1.807, 2.05) is 11.8 Å². The molecule has 1 saturated heterocycles. The number of amides is 1. The van der Waals surface area contributed by atoms with E-state index in [-0.39, 0.29) is 5.91 Å². The maximum atomic E-state index is 11.3. The van der Waals surface area contributed by atoms with Crippen LogP contribution >= 0.6 is 0 Å². The van der Waals surface area contributed by atoms with Gasteiger partial charge < -0.3 is 4.90 Å². The van der Waals surface area contributed by atoms with Gasteiger partial charge in [-0.05, 0) is 0 Å². The first-order chi connectivity index (χ1) is 6.27. The molecule has 0 atom stereocenters. The van der Waals surface area contributed by atoms with Gasteiger partial charge in [-0.3, -0.25) is 10.2 Å². The molecule has 0 spiro atoms. The van der Waals surface area contributed by atoms with Crippen LogP contribution in [0.3, 0.4) is 0 Å². The molecule has 1 N–H and O–H groups in total. The molecule has 1 amide bonds. The van der Waals surface area contributed by atoms with Gasteiger partial charge in [-0.25, -0.2) is 5.01 Å². The van der Waals surface area contributed by atoms with E-state index in [1.54, 1.807) is 0 Å². The Kier molecular flexibility index (Phi) is 4.18. The van der Waals surface area contributed by atoms with Gasteiger partial charge in [-0.1, -0.05) is 13.8 Å². The first-order valence-electron chi connectivity index (χ1n) is 5.04.